The SMILES string of the molecule is CC1CCCN(Cc2cnc(Cl)cc2Cl)C1CN. The monoisotopic (exact) mass is 287 g/mol. The Morgan fingerprint density at radius 3 is 2.94 bits per heavy atom. The second-order valence-corrected chi connectivity index (χ2v) is 5.79. The molecule has 5 heteroatoms. The molecule has 2 heterocycles. The highest BCUT2D eigenvalue weighted by Gasteiger charge is 2.27. The van der Waals surface area contributed by atoms with Gasteiger partial charge in [-0.3, -0.25) is 4.90 Å². The maximum Gasteiger partial charge on any atom is 0.130 e. The van der Waals surface area contributed by atoms with Gasteiger partial charge in [-0.25, -0.2) is 4.98 Å². The van der Waals surface area contributed by atoms with E-state index in [1.165, 1.54) is 12.8 Å². The Morgan fingerprint density at radius 2 is 2.28 bits per heavy atom. The number of rotatable bonds is 3. The lowest BCUT2D eigenvalue weighted by atomic mass is 9.90. The third-order valence-electron chi connectivity index (χ3n) is 3.74. The van der Waals surface area contributed by atoms with Crippen LogP contribution in [0.5, 0.6) is 0 Å². The zero-order valence-electron chi connectivity index (χ0n) is 10.6. The molecule has 0 aliphatic carbocycles. The summed E-state index contributed by atoms with van der Waals surface area (Å²) >= 11 is 12.0. The van der Waals surface area contributed by atoms with Crippen molar-refractivity contribution in [2.24, 2.45) is 11.7 Å². The van der Waals surface area contributed by atoms with E-state index in [0.717, 1.165) is 18.7 Å². The van der Waals surface area contributed by atoms with Crippen molar-refractivity contribution in [2.75, 3.05) is 13.1 Å². The minimum atomic E-state index is 0.436. The van der Waals surface area contributed by atoms with Crippen LogP contribution in [-0.2, 0) is 6.54 Å². The second kappa shape index (κ2) is 6.20. The molecule has 3 nitrogen and oxygen atoms in total. The van der Waals surface area contributed by atoms with E-state index in [1.807, 2.05) is 0 Å². The van der Waals surface area contributed by atoms with Gasteiger partial charge in [0.15, 0.2) is 0 Å². The average Bonchev–Trinajstić information content (AvgIpc) is 2.33. The van der Waals surface area contributed by atoms with Gasteiger partial charge in [-0.1, -0.05) is 30.1 Å². The Bertz CT molecular complexity index is 411. The molecule has 0 aromatic carbocycles. The summed E-state index contributed by atoms with van der Waals surface area (Å²) in [6.07, 6.45) is 4.23. The van der Waals surface area contributed by atoms with Crippen LogP contribution in [0, 0.1) is 5.92 Å². The largest absolute Gasteiger partial charge is 0.329 e. The quantitative estimate of drug-likeness (QED) is 0.869. The number of hydrogen-bond donors (Lipinski definition) is 1. The summed E-state index contributed by atoms with van der Waals surface area (Å²) in [7, 11) is 0. The van der Waals surface area contributed by atoms with Gasteiger partial charge in [-0.15, -0.1) is 0 Å². The molecule has 1 aliphatic heterocycles. The molecule has 1 aliphatic rings. The standard InChI is InChI=1S/C13H19Cl2N3/c1-9-3-2-4-18(12(9)6-16)8-10-7-17-13(15)5-11(10)14/h5,7,9,12H,2-4,6,8,16H2,1H3. The summed E-state index contributed by atoms with van der Waals surface area (Å²) in [6, 6.07) is 2.13. The van der Waals surface area contributed by atoms with E-state index in [2.05, 4.69) is 16.8 Å². The van der Waals surface area contributed by atoms with Crippen LogP contribution >= 0.6 is 23.2 Å². The van der Waals surface area contributed by atoms with E-state index in [9.17, 15) is 0 Å². The summed E-state index contributed by atoms with van der Waals surface area (Å²) < 4.78 is 0. The van der Waals surface area contributed by atoms with E-state index in [-0.39, 0.29) is 0 Å². The van der Waals surface area contributed by atoms with Crippen LogP contribution in [0.15, 0.2) is 12.3 Å². The Kier molecular flexibility index (Phi) is 4.84. The molecule has 2 unspecified atom stereocenters. The minimum absolute atomic E-state index is 0.436. The first-order valence-electron chi connectivity index (χ1n) is 6.36. The van der Waals surface area contributed by atoms with Gasteiger partial charge < -0.3 is 5.73 Å². The minimum Gasteiger partial charge on any atom is -0.329 e. The van der Waals surface area contributed by atoms with Crippen LogP contribution in [0.2, 0.25) is 10.2 Å². The topological polar surface area (TPSA) is 42.2 Å². The first-order chi connectivity index (χ1) is 8.61. The van der Waals surface area contributed by atoms with E-state index < -0.39 is 0 Å². The van der Waals surface area contributed by atoms with Gasteiger partial charge in [0.2, 0.25) is 0 Å². The molecule has 0 saturated carbocycles. The maximum absolute atomic E-state index is 6.19. The van der Waals surface area contributed by atoms with E-state index >= 15 is 0 Å². The molecule has 2 atom stereocenters. The van der Waals surface area contributed by atoms with Crippen LogP contribution in [0.1, 0.15) is 25.3 Å². The second-order valence-electron chi connectivity index (χ2n) is 4.99. The van der Waals surface area contributed by atoms with Gasteiger partial charge in [-0.05, 0) is 31.4 Å². The molecule has 0 bridgehead atoms. The smallest absolute Gasteiger partial charge is 0.130 e. The van der Waals surface area contributed by atoms with E-state index in [0.29, 0.717) is 28.7 Å². The fourth-order valence-electron chi connectivity index (χ4n) is 2.68. The summed E-state index contributed by atoms with van der Waals surface area (Å²) in [6.45, 7) is 4.84. The Morgan fingerprint density at radius 1 is 1.50 bits per heavy atom. The average molecular weight is 288 g/mol. The first kappa shape index (κ1) is 14.1. The first-order valence-corrected chi connectivity index (χ1v) is 7.11. The number of halogens is 2. The Balaban J connectivity index is 2.11. The number of hydrogen-bond acceptors (Lipinski definition) is 3. The lowest BCUT2D eigenvalue weighted by molar-refractivity contribution is 0.0990. The fraction of sp³-hybridized carbons (Fsp3) is 0.615. The van der Waals surface area contributed by atoms with E-state index in [4.69, 9.17) is 28.9 Å². The lowest BCUT2D eigenvalue weighted by Gasteiger charge is -2.39. The number of aromatic nitrogens is 1. The summed E-state index contributed by atoms with van der Waals surface area (Å²) in [5.74, 6) is 0.641. The lowest BCUT2D eigenvalue weighted by Crippen LogP contribution is -2.48. The highest BCUT2D eigenvalue weighted by atomic mass is 35.5. The van der Waals surface area contributed by atoms with Crippen molar-refractivity contribution < 1.29 is 0 Å². The Hall–Kier alpha value is -0.350. The molecular weight excluding hydrogens is 269 g/mol. The zero-order valence-corrected chi connectivity index (χ0v) is 12.1. The van der Waals surface area contributed by atoms with Crippen LogP contribution < -0.4 is 5.73 Å². The predicted molar refractivity (Wildman–Crippen MR) is 75.9 cm³/mol. The van der Waals surface area contributed by atoms with Crippen LogP contribution in [0.4, 0.5) is 0 Å². The van der Waals surface area contributed by atoms with Gasteiger partial charge in [0.05, 0.1) is 0 Å². The van der Waals surface area contributed by atoms with Crippen molar-refractivity contribution in [3.8, 4) is 0 Å². The predicted octanol–water partition coefficient (Wildman–Crippen LogP) is 2.95. The third-order valence-corrected chi connectivity index (χ3v) is 4.30. The molecule has 1 aromatic heterocycles. The molecule has 1 aromatic rings. The molecule has 0 radical (unpaired) electrons. The maximum atomic E-state index is 6.19. The van der Waals surface area contributed by atoms with Crippen molar-refractivity contribution in [3.63, 3.8) is 0 Å². The van der Waals surface area contributed by atoms with E-state index in [1.54, 1.807) is 12.3 Å². The number of nitrogens with two attached hydrogens (primary N) is 1. The van der Waals surface area contributed by atoms with Crippen LogP contribution in [0.3, 0.4) is 0 Å². The number of piperidine rings is 1. The molecule has 100 valence electrons. The molecule has 0 amide bonds. The van der Waals surface area contributed by atoms with Gasteiger partial charge in [0.25, 0.3) is 0 Å². The van der Waals surface area contributed by atoms with Gasteiger partial charge in [0, 0.05) is 35.9 Å². The molecule has 2 N–H and O–H groups in total. The highest BCUT2D eigenvalue weighted by molar-refractivity contribution is 6.34. The number of nitrogens with zero attached hydrogens (tertiary/aromatic N) is 2. The molecule has 1 saturated heterocycles. The van der Waals surface area contributed by atoms with Gasteiger partial charge >= 0.3 is 0 Å². The number of likely N-dealkylation sites (tertiary alicyclic amines) is 1. The Labute approximate surface area is 118 Å². The molecule has 0 spiro atoms. The van der Waals surface area contributed by atoms with Crippen molar-refractivity contribution in [1.82, 2.24) is 9.88 Å². The van der Waals surface area contributed by atoms with Crippen LogP contribution in [-0.4, -0.2) is 29.0 Å². The number of pyridine rings is 1. The van der Waals surface area contributed by atoms with Crippen LogP contribution in [0.25, 0.3) is 0 Å². The summed E-state index contributed by atoms with van der Waals surface area (Å²) in [4.78, 5) is 6.51. The molecule has 18 heavy (non-hydrogen) atoms. The summed E-state index contributed by atoms with van der Waals surface area (Å²) in [5, 5.41) is 1.12. The van der Waals surface area contributed by atoms with Crippen molar-refractivity contribution >= 4 is 23.2 Å². The highest BCUT2D eigenvalue weighted by Crippen LogP contribution is 2.26. The third kappa shape index (κ3) is 3.15. The summed E-state index contributed by atoms with van der Waals surface area (Å²) in [5.41, 5.74) is 6.91. The van der Waals surface area contributed by atoms with Crippen molar-refractivity contribution in [3.05, 3.63) is 28.0 Å². The molecule has 2 rings (SSSR count). The molecule has 1 fully saturated rings. The van der Waals surface area contributed by atoms with Crippen molar-refractivity contribution in [1.29, 1.82) is 0 Å². The fourth-order valence-corrected chi connectivity index (χ4v) is 3.11. The van der Waals surface area contributed by atoms with Gasteiger partial charge in [0.1, 0.15) is 5.15 Å². The van der Waals surface area contributed by atoms with Crippen molar-refractivity contribution in [2.45, 2.75) is 32.4 Å². The van der Waals surface area contributed by atoms with Gasteiger partial charge in [-0.2, -0.15) is 0 Å². The molecular formula is C13H19Cl2N3. The zero-order chi connectivity index (χ0) is 13.1. The normalized spacial score (nSPS) is 25.3.